The van der Waals surface area contributed by atoms with Gasteiger partial charge in [-0.2, -0.15) is 5.26 Å². The van der Waals surface area contributed by atoms with E-state index in [0.29, 0.717) is 32.5 Å². The Hall–Kier alpha value is -3.19. The molecular formula is C30H41BN4O4. The van der Waals surface area contributed by atoms with E-state index in [1.54, 1.807) is 4.90 Å². The third-order valence-electron chi connectivity index (χ3n) is 7.62. The van der Waals surface area contributed by atoms with Crippen LogP contribution in [0.5, 0.6) is 0 Å². The van der Waals surface area contributed by atoms with E-state index in [1.165, 1.54) is 5.56 Å². The number of benzene rings is 2. The zero-order chi connectivity index (χ0) is 28.5. The summed E-state index contributed by atoms with van der Waals surface area (Å²) in [6, 6.07) is 16.3. The molecule has 208 valence electrons. The summed E-state index contributed by atoms with van der Waals surface area (Å²) in [5.41, 5.74) is 5.49. The lowest BCUT2D eigenvalue weighted by Gasteiger charge is -2.30. The molecule has 1 aliphatic rings. The van der Waals surface area contributed by atoms with Crippen molar-refractivity contribution in [3.05, 3.63) is 70.3 Å². The summed E-state index contributed by atoms with van der Waals surface area (Å²) in [4.78, 5) is 29.4. The van der Waals surface area contributed by atoms with E-state index in [2.05, 4.69) is 34.5 Å². The van der Waals surface area contributed by atoms with Crippen LogP contribution in [-0.2, 0) is 35.4 Å². The number of rotatable bonds is 12. The van der Waals surface area contributed by atoms with Crippen LogP contribution in [0.3, 0.4) is 0 Å². The Morgan fingerprint density at radius 1 is 1.08 bits per heavy atom. The molecule has 39 heavy (non-hydrogen) atoms. The van der Waals surface area contributed by atoms with E-state index in [1.807, 2.05) is 52.0 Å². The number of carbonyl (C=O) groups excluding carboxylic acids is 2. The smallest absolute Gasteiger partial charge is 0.426 e. The van der Waals surface area contributed by atoms with Gasteiger partial charge >= 0.3 is 7.12 Å². The van der Waals surface area contributed by atoms with Crippen molar-refractivity contribution in [3.8, 4) is 6.07 Å². The number of nitrogens with one attached hydrogen (secondary N) is 1. The van der Waals surface area contributed by atoms with Crippen molar-refractivity contribution in [1.29, 1.82) is 5.26 Å². The Morgan fingerprint density at radius 3 is 2.36 bits per heavy atom. The average molecular weight is 532 g/mol. The van der Waals surface area contributed by atoms with Gasteiger partial charge in [-0.25, -0.2) is 0 Å². The summed E-state index contributed by atoms with van der Waals surface area (Å²) >= 11 is 0. The zero-order valence-corrected chi connectivity index (χ0v) is 23.6. The fourth-order valence-electron chi connectivity index (χ4n) is 5.24. The van der Waals surface area contributed by atoms with Crippen molar-refractivity contribution in [2.24, 2.45) is 11.8 Å². The highest BCUT2D eigenvalue weighted by Crippen LogP contribution is 2.24. The van der Waals surface area contributed by atoms with Crippen LogP contribution in [-0.4, -0.2) is 70.9 Å². The first-order valence-corrected chi connectivity index (χ1v) is 13.9. The number of carbonyl (C=O) groups is 2. The number of nitriles is 1. The molecule has 0 bridgehead atoms. The van der Waals surface area contributed by atoms with E-state index in [9.17, 15) is 24.9 Å². The number of nitrogens with zero attached hydrogens (tertiary/aromatic N) is 3. The second kappa shape index (κ2) is 14.3. The first-order valence-electron chi connectivity index (χ1n) is 13.9. The maximum Gasteiger partial charge on any atom is 0.475 e. The highest BCUT2D eigenvalue weighted by atomic mass is 16.4. The molecule has 9 heteroatoms. The van der Waals surface area contributed by atoms with Gasteiger partial charge in [0.15, 0.2) is 0 Å². The van der Waals surface area contributed by atoms with Crippen LogP contribution >= 0.6 is 0 Å². The predicted molar refractivity (Wildman–Crippen MR) is 152 cm³/mol. The molecule has 2 aromatic carbocycles. The fraction of sp³-hybridized carbons (Fsp3) is 0.500. The Bertz CT molecular complexity index is 1160. The van der Waals surface area contributed by atoms with Crippen molar-refractivity contribution in [3.63, 3.8) is 0 Å². The average Bonchev–Trinajstić information content (AvgIpc) is 2.90. The van der Waals surface area contributed by atoms with Gasteiger partial charge in [0.25, 0.3) is 0 Å². The van der Waals surface area contributed by atoms with Gasteiger partial charge in [0, 0.05) is 26.2 Å². The molecule has 3 atom stereocenters. The number of hydrogen-bond acceptors (Lipinski definition) is 6. The third-order valence-corrected chi connectivity index (χ3v) is 7.62. The molecule has 0 fully saturated rings. The molecule has 3 N–H and O–H groups in total. The van der Waals surface area contributed by atoms with Crippen LogP contribution in [0.2, 0.25) is 0 Å². The minimum Gasteiger partial charge on any atom is -0.426 e. The van der Waals surface area contributed by atoms with Gasteiger partial charge in [-0.1, -0.05) is 55.0 Å². The van der Waals surface area contributed by atoms with Gasteiger partial charge in [0.2, 0.25) is 11.8 Å². The third kappa shape index (κ3) is 8.40. The van der Waals surface area contributed by atoms with Crippen molar-refractivity contribution in [2.45, 2.75) is 59.4 Å². The molecule has 0 saturated carbocycles. The minimum absolute atomic E-state index is 0.112. The lowest BCUT2D eigenvalue weighted by atomic mass is 9.76. The van der Waals surface area contributed by atoms with E-state index in [4.69, 9.17) is 0 Å². The number of amides is 2. The summed E-state index contributed by atoms with van der Waals surface area (Å²) < 4.78 is 0. The number of hydrogen-bond donors (Lipinski definition) is 3. The van der Waals surface area contributed by atoms with Crippen molar-refractivity contribution < 1.29 is 19.6 Å². The van der Waals surface area contributed by atoms with Crippen LogP contribution in [0.1, 0.15) is 48.6 Å². The van der Waals surface area contributed by atoms with Gasteiger partial charge < -0.3 is 20.3 Å². The molecule has 0 spiro atoms. The monoisotopic (exact) mass is 532 g/mol. The van der Waals surface area contributed by atoms with Gasteiger partial charge in [-0.05, 0) is 68.2 Å². The highest BCUT2D eigenvalue weighted by molar-refractivity contribution is 6.43. The van der Waals surface area contributed by atoms with Crippen molar-refractivity contribution in [1.82, 2.24) is 15.1 Å². The molecule has 1 aliphatic heterocycles. The predicted octanol–water partition coefficient (Wildman–Crippen LogP) is 2.28. The van der Waals surface area contributed by atoms with Crippen LogP contribution < -0.4 is 5.32 Å². The molecule has 0 radical (unpaired) electrons. The van der Waals surface area contributed by atoms with Gasteiger partial charge in [0.05, 0.1) is 18.6 Å². The Labute approximate surface area is 232 Å². The van der Waals surface area contributed by atoms with E-state index in [0.717, 1.165) is 35.2 Å². The maximum atomic E-state index is 12.8. The Kier molecular flexibility index (Phi) is 11.1. The molecule has 1 heterocycles. The molecule has 0 aliphatic carbocycles. The van der Waals surface area contributed by atoms with Crippen molar-refractivity contribution >= 4 is 18.9 Å². The SMILES string of the molecule is CCN(CC)C(=O)C(C#N)C(C)Cc1ccc2c(c1)CN(CC(=O)N[C@@H](Cc1ccc(C)cc1)B(O)O)CC2. The summed E-state index contributed by atoms with van der Waals surface area (Å²) in [6.07, 6.45) is 1.76. The van der Waals surface area contributed by atoms with Gasteiger partial charge in [-0.15, -0.1) is 0 Å². The highest BCUT2D eigenvalue weighted by Gasteiger charge is 2.29. The van der Waals surface area contributed by atoms with Crippen LogP contribution in [0, 0.1) is 30.1 Å². The Balaban J connectivity index is 1.60. The summed E-state index contributed by atoms with van der Waals surface area (Å²) in [5, 5.41) is 32.2. The lowest BCUT2D eigenvalue weighted by molar-refractivity contribution is -0.134. The Morgan fingerprint density at radius 2 is 1.74 bits per heavy atom. The first kappa shape index (κ1) is 30.4. The van der Waals surface area contributed by atoms with Crippen LogP contribution in [0.25, 0.3) is 0 Å². The first-order chi connectivity index (χ1) is 18.6. The van der Waals surface area contributed by atoms with Crippen LogP contribution in [0.4, 0.5) is 0 Å². The van der Waals surface area contributed by atoms with Gasteiger partial charge in [-0.3, -0.25) is 14.5 Å². The fourth-order valence-corrected chi connectivity index (χ4v) is 5.24. The minimum atomic E-state index is -1.66. The number of fused-ring (bicyclic) bond motifs is 1. The van der Waals surface area contributed by atoms with Crippen molar-refractivity contribution in [2.75, 3.05) is 26.2 Å². The quantitative estimate of drug-likeness (QED) is 0.361. The summed E-state index contributed by atoms with van der Waals surface area (Å²) in [5.74, 6) is -1.96. The van der Waals surface area contributed by atoms with E-state index >= 15 is 0 Å². The normalized spacial score (nSPS) is 15.4. The number of aryl methyl sites for hydroxylation is 1. The molecule has 8 nitrogen and oxygen atoms in total. The van der Waals surface area contributed by atoms with Crippen LogP contribution in [0.15, 0.2) is 42.5 Å². The topological polar surface area (TPSA) is 117 Å². The molecule has 0 aromatic heterocycles. The zero-order valence-electron chi connectivity index (χ0n) is 23.6. The molecule has 2 unspecified atom stereocenters. The lowest BCUT2D eigenvalue weighted by Crippen LogP contribution is -2.51. The van der Waals surface area contributed by atoms with Gasteiger partial charge in [0.1, 0.15) is 5.92 Å². The van der Waals surface area contributed by atoms with E-state index in [-0.39, 0.29) is 24.3 Å². The molecule has 0 saturated heterocycles. The second-order valence-corrected chi connectivity index (χ2v) is 10.6. The van der Waals surface area contributed by atoms with E-state index < -0.39 is 19.0 Å². The molecule has 2 amide bonds. The summed E-state index contributed by atoms with van der Waals surface area (Å²) in [6.45, 7) is 10.5. The standard InChI is InChI=1S/C30H41BN4O4/c1-5-35(6-2)30(37)27(18-32)22(4)15-24-11-12-25-13-14-34(19-26(25)16-24)20-29(36)33-28(31(38)39)17-23-9-7-21(3)8-10-23/h7-12,16,22,27-28,38-39H,5-6,13-15,17,19-20H2,1-4H3,(H,33,36)/t22?,27?,28-/m0/s1. The second-order valence-electron chi connectivity index (χ2n) is 10.6. The largest absolute Gasteiger partial charge is 0.475 e. The summed E-state index contributed by atoms with van der Waals surface area (Å²) in [7, 11) is -1.66. The molecular weight excluding hydrogens is 491 g/mol. The maximum absolute atomic E-state index is 12.8. The molecule has 2 aromatic rings. The molecule has 3 rings (SSSR count).